The molecule has 2 aliphatic heterocycles. The quantitative estimate of drug-likeness (QED) is 0.851. The van der Waals surface area contributed by atoms with Gasteiger partial charge < -0.3 is 10.2 Å². The van der Waals surface area contributed by atoms with Crippen LogP contribution in [0.15, 0.2) is 12.1 Å². The van der Waals surface area contributed by atoms with Crippen molar-refractivity contribution < 1.29 is 18.0 Å². The third-order valence-electron chi connectivity index (χ3n) is 4.55. The zero-order chi connectivity index (χ0) is 15.1. The van der Waals surface area contributed by atoms with Crippen LogP contribution in [0, 0.1) is 17.5 Å². The number of benzene rings is 1. The summed E-state index contributed by atoms with van der Waals surface area (Å²) < 4.78 is 39.4. The monoisotopic (exact) mass is 298 g/mol. The molecule has 0 aliphatic carbocycles. The smallest absolute Gasteiger partial charge is 0.254 e. The molecule has 1 N–H and O–H groups in total. The first-order valence-electron chi connectivity index (χ1n) is 7.13. The first kappa shape index (κ1) is 14.4. The van der Waals surface area contributed by atoms with Crippen LogP contribution in [0.2, 0.25) is 0 Å². The molecular formula is C15H17F3N2O. The summed E-state index contributed by atoms with van der Waals surface area (Å²) in [4.78, 5) is 13.9. The molecule has 3 rings (SSSR count). The third kappa shape index (κ3) is 2.64. The average molecular weight is 298 g/mol. The molecule has 2 atom stereocenters. The molecule has 2 saturated heterocycles. The predicted molar refractivity (Wildman–Crippen MR) is 71.4 cm³/mol. The average Bonchev–Trinajstić information content (AvgIpc) is 2.81. The zero-order valence-corrected chi connectivity index (χ0v) is 11.7. The molecule has 2 fully saturated rings. The number of hydrogen-bond donors (Lipinski definition) is 1. The van der Waals surface area contributed by atoms with Crippen molar-refractivity contribution in [2.24, 2.45) is 0 Å². The molecule has 0 aromatic heterocycles. The second kappa shape index (κ2) is 5.33. The number of carbonyl (C=O) groups is 1. The van der Waals surface area contributed by atoms with Crippen LogP contribution in [-0.2, 0) is 0 Å². The molecule has 0 radical (unpaired) electrons. The van der Waals surface area contributed by atoms with Crippen molar-refractivity contribution in [1.29, 1.82) is 0 Å². The maximum Gasteiger partial charge on any atom is 0.254 e. The molecule has 3 nitrogen and oxygen atoms in total. The maximum absolute atomic E-state index is 13.2. The van der Waals surface area contributed by atoms with Gasteiger partial charge in [0, 0.05) is 30.7 Å². The minimum Gasteiger partial charge on any atom is -0.339 e. The third-order valence-corrected chi connectivity index (χ3v) is 4.55. The Balaban J connectivity index is 1.78. The van der Waals surface area contributed by atoms with E-state index in [1.54, 1.807) is 7.05 Å². The second-order valence-electron chi connectivity index (χ2n) is 5.93. The van der Waals surface area contributed by atoms with Gasteiger partial charge in [0.25, 0.3) is 5.91 Å². The lowest BCUT2D eigenvalue weighted by molar-refractivity contribution is 0.0680. The molecule has 2 aliphatic rings. The van der Waals surface area contributed by atoms with Gasteiger partial charge in [0.15, 0.2) is 17.5 Å². The van der Waals surface area contributed by atoms with Crippen molar-refractivity contribution in [2.45, 2.75) is 43.8 Å². The van der Waals surface area contributed by atoms with Gasteiger partial charge in [-0.2, -0.15) is 0 Å². The van der Waals surface area contributed by atoms with Crippen LogP contribution in [0.4, 0.5) is 13.2 Å². The van der Waals surface area contributed by atoms with Crippen molar-refractivity contribution in [2.75, 3.05) is 7.05 Å². The van der Waals surface area contributed by atoms with Gasteiger partial charge >= 0.3 is 0 Å². The highest BCUT2D eigenvalue weighted by molar-refractivity contribution is 5.94. The van der Waals surface area contributed by atoms with E-state index < -0.39 is 23.4 Å². The Kier molecular flexibility index (Phi) is 3.65. The fourth-order valence-electron chi connectivity index (χ4n) is 3.39. The van der Waals surface area contributed by atoms with Crippen LogP contribution >= 0.6 is 0 Å². The summed E-state index contributed by atoms with van der Waals surface area (Å²) in [6.45, 7) is 0. The van der Waals surface area contributed by atoms with E-state index in [1.165, 1.54) is 4.90 Å². The lowest BCUT2D eigenvalue weighted by Crippen LogP contribution is -2.48. The Hall–Kier alpha value is -1.56. The summed E-state index contributed by atoms with van der Waals surface area (Å²) in [6, 6.07) is 2.38. The van der Waals surface area contributed by atoms with Crippen molar-refractivity contribution in [3.8, 4) is 0 Å². The van der Waals surface area contributed by atoms with Gasteiger partial charge in [-0.05, 0) is 37.8 Å². The number of rotatable bonds is 2. The Bertz CT molecular complexity index is 543. The Morgan fingerprint density at radius 3 is 2.19 bits per heavy atom. The molecule has 2 heterocycles. The molecule has 2 unspecified atom stereocenters. The molecule has 0 spiro atoms. The van der Waals surface area contributed by atoms with Gasteiger partial charge in [0.05, 0.1) is 0 Å². The number of halogens is 3. The summed E-state index contributed by atoms with van der Waals surface area (Å²) >= 11 is 0. The van der Waals surface area contributed by atoms with Crippen molar-refractivity contribution in [1.82, 2.24) is 10.2 Å². The zero-order valence-electron chi connectivity index (χ0n) is 11.7. The topological polar surface area (TPSA) is 32.3 Å². The number of amides is 1. The van der Waals surface area contributed by atoms with Crippen LogP contribution < -0.4 is 5.32 Å². The molecule has 1 amide bonds. The molecule has 114 valence electrons. The first-order valence-corrected chi connectivity index (χ1v) is 7.13. The summed E-state index contributed by atoms with van der Waals surface area (Å²) in [5.41, 5.74) is -0.153. The van der Waals surface area contributed by atoms with E-state index in [-0.39, 0.29) is 11.6 Å². The van der Waals surface area contributed by atoms with Gasteiger partial charge in [-0.1, -0.05) is 0 Å². The summed E-state index contributed by atoms with van der Waals surface area (Å²) in [6.07, 6.45) is 3.88. The van der Waals surface area contributed by atoms with E-state index in [0.717, 1.165) is 37.8 Å². The summed E-state index contributed by atoms with van der Waals surface area (Å²) in [5, 5.41) is 3.47. The van der Waals surface area contributed by atoms with Crippen molar-refractivity contribution in [3.63, 3.8) is 0 Å². The van der Waals surface area contributed by atoms with E-state index in [9.17, 15) is 18.0 Å². The van der Waals surface area contributed by atoms with Crippen molar-refractivity contribution in [3.05, 3.63) is 35.1 Å². The van der Waals surface area contributed by atoms with Gasteiger partial charge in [0.2, 0.25) is 0 Å². The number of nitrogens with one attached hydrogen (secondary N) is 1. The van der Waals surface area contributed by atoms with Gasteiger partial charge in [-0.15, -0.1) is 0 Å². The normalized spacial score (nSPS) is 27.7. The number of carbonyl (C=O) groups excluding carboxylic acids is 1. The second-order valence-corrected chi connectivity index (χ2v) is 5.93. The largest absolute Gasteiger partial charge is 0.339 e. The highest BCUT2D eigenvalue weighted by Gasteiger charge is 2.36. The van der Waals surface area contributed by atoms with E-state index in [2.05, 4.69) is 5.32 Å². The molecule has 0 saturated carbocycles. The number of fused-ring (bicyclic) bond motifs is 2. The summed E-state index contributed by atoms with van der Waals surface area (Å²) in [5.74, 6) is -4.69. The lowest BCUT2D eigenvalue weighted by Gasteiger charge is -2.35. The molecular weight excluding hydrogens is 281 g/mol. The Labute approximate surface area is 121 Å². The van der Waals surface area contributed by atoms with Gasteiger partial charge in [0.1, 0.15) is 0 Å². The molecule has 2 bridgehead atoms. The van der Waals surface area contributed by atoms with Crippen molar-refractivity contribution >= 4 is 5.91 Å². The van der Waals surface area contributed by atoms with E-state index >= 15 is 0 Å². The highest BCUT2D eigenvalue weighted by Crippen LogP contribution is 2.30. The van der Waals surface area contributed by atoms with E-state index in [4.69, 9.17) is 0 Å². The minimum atomic E-state index is -1.55. The van der Waals surface area contributed by atoms with Crippen LogP contribution in [0.1, 0.15) is 36.0 Å². The standard InChI is InChI=1S/C15H17F3N2O/c1-20(11-6-9-2-3-10(7-11)19-9)15(21)8-4-12(16)14(18)13(17)5-8/h4-5,9-11,19H,2-3,6-7H2,1H3. The fourth-order valence-corrected chi connectivity index (χ4v) is 3.39. The Morgan fingerprint density at radius 1 is 1.14 bits per heavy atom. The Morgan fingerprint density at radius 2 is 1.67 bits per heavy atom. The summed E-state index contributed by atoms with van der Waals surface area (Å²) in [7, 11) is 1.64. The fraction of sp³-hybridized carbons (Fsp3) is 0.533. The molecule has 21 heavy (non-hydrogen) atoms. The van der Waals surface area contributed by atoms with Gasteiger partial charge in [-0.3, -0.25) is 4.79 Å². The van der Waals surface area contributed by atoms with Gasteiger partial charge in [-0.25, -0.2) is 13.2 Å². The van der Waals surface area contributed by atoms with Crippen LogP contribution in [0.25, 0.3) is 0 Å². The van der Waals surface area contributed by atoms with Crippen LogP contribution in [-0.4, -0.2) is 36.0 Å². The van der Waals surface area contributed by atoms with Crippen LogP contribution in [0.5, 0.6) is 0 Å². The first-order chi connectivity index (χ1) is 9.95. The lowest BCUT2D eigenvalue weighted by atomic mass is 9.98. The molecule has 1 aromatic carbocycles. The molecule has 1 aromatic rings. The van der Waals surface area contributed by atoms with E-state index in [0.29, 0.717) is 12.1 Å². The van der Waals surface area contributed by atoms with E-state index in [1.807, 2.05) is 0 Å². The number of hydrogen-bond acceptors (Lipinski definition) is 2. The number of piperidine rings is 1. The predicted octanol–water partition coefficient (Wildman–Crippen LogP) is 2.46. The molecule has 6 heteroatoms. The highest BCUT2D eigenvalue weighted by atomic mass is 19.2. The maximum atomic E-state index is 13.2. The number of nitrogens with zero attached hydrogens (tertiary/aromatic N) is 1. The SMILES string of the molecule is CN(C(=O)c1cc(F)c(F)c(F)c1)C1CC2CCC(C1)N2. The minimum absolute atomic E-state index is 0.0485. The van der Waals surface area contributed by atoms with Crippen LogP contribution in [0.3, 0.4) is 0 Å².